The normalized spacial score (nSPS) is 12.4. The van der Waals surface area contributed by atoms with E-state index in [0.717, 1.165) is 134 Å². The van der Waals surface area contributed by atoms with E-state index in [1.165, 1.54) is 75.8 Å². The molecule has 0 bridgehead atoms. The van der Waals surface area contributed by atoms with Gasteiger partial charge in [-0.1, -0.05) is 328 Å². The predicted molar refractivity (Wildman–Crippen MR) is 460 cm³/mol. The fraction of sp³-hybridized carbons (Fsp3) is 0. The Kier molecular flexibility index (Phi) is 14.1. The molecule has 0 saturated carbocycles. The lowest BCUT2D eigenvalue weighted by molar-refractivity contribution is 1.16. The van der Waals surface area contributed by atoms with Gasteiger partial charge in [-0.3, -0.25) is 0 Å². The van der Waals surface area contributed by atoms with Crippen LogP contribution in [0.3, 0.4) is 0 Å². The summed E-state index contributed by atoms with van der Waals surface area (Å²) in [7, 11) is 0. The molecule has 0 saturated heterocycles. The summed E-state index contributed by atoms with van der Waals surface area (Å²) in [6.45, 7) is -0.317. The van der Waals surface area contributed by atoms with Crippen molar-refractivity contribution >= 4 is 122 Å². The fourth-order valence-corrected chi connectivity index (χ4v) is 18.3. The summed E-state index contributed by atoms with van der Waals surface area (Å²) in [6, 6.07) is 151. The third kappa shape index (κ3) is 9.70. The first-order valence-electron chi connectivity index (χ1n) is 37.5. The number of hydrogen-bond acceptors (Lipinski definition) is 2. The highest BCUT2D eigenvalue weighted by molar-refractivity contribution is 7.00. The van der Waals surface area contributed by atoms with E-state index in [9.17, 15) is 0 Å². The van der Waals surface area contributed by atoms with E-state index in [0.29, 0.717) is 0 Å². The Bertz CT molecular complexity index is 6760. The Morgan fingerprint density at radius 3 is 0.935 bits per heavy atom. The van der Waals surface area contributed by atoms with Crippen LogP contribution in [0.5, 0.6) is 0 Å². The quantitative estimate of drug-likeness (QED) is 0.0726. The van der Waals surface area contributed by atoms with Crippen LogP contribution in [0.2, 0.25) is 0 Å². The number of rotatable bonds is 11. The molecule has 2 aliphatic rings. The van der Waals surface area contributed by atoms with Crippen molar-refractivity contribution in [3.05, 3.63) is 400 Å². The molecule has 0 spiro atoms. The Morgan fingerprint density at radius 1 is 0.194 bits per heavy atom. The minimum Gasteiger partial charge on any atom is -0.310 e. The minimum atomic E-state index is -0.317. The van der Waals surface area contributed by atoms with Crippen LogP contribution in [0, 0.1) is 0 Å². The lowest BCUT2D eigenvalue weighted by Crippen LogP contribution is -2.61. The van der Waals surface area contributed by atoms with E-state index in [1.807, 2.05) is 0 Å². The largest absolute Gasteiger partial charge is 0.310 e. The van der Waals surface area contributed by atoms with Crippen LogP contribution in [-0.2, 0) is 0 Å². The topological polar surface area (TPSA) is 11.4 Å². The average molecular weight is 1370 g/mol. The first kappa shape index (κ1) is 61.4. The third-order valence-corrected chi connectivity index (χ3v) is 23.0. The summed E-state index contributed by atoms with van der Waals surface area (Å²) in [6.07, 6.45) is 0. The van der Waals surface area contributed by atoms with Crippen molar-refractivity contribution in [3.63, 3.8) is 0 Å². The average Bonchev–Trinajstić information content (AvgIpc) is 0.789. The Morgan fingerprint density at radius 2 is 0.519 bits per heavy atom. The molecular formula is C104H66BN3. The maximum absolute atomic E-state index is 2.71. The van der Waals surface area contributed by atoms with Gasteiger partial charge < -0.3 is 14.4 Å². The number of anilines is 6. The molecule has 0 aliphatic carbocycles. The van der Waals surface area contributed by atoms with Gasteiger partial charge in [-0.25, -0.2) is 0 Å². The number of para-hydroxylation sites is 2. The van der Waals surface area contributed by atoms with Crippen LogP contribution < -0.4 is 26.2 Å². The van der Waals surface area contributed by atoms with Crippen molar-refractivity contribution in [3.8, 4) is 94.7 Å². The van der Waals surface area contributed by atoms with Gasteiger partial charge in [-0.05, 0) is 199 Å². The molecule has 3 nitrogen and oxygen atoms in total. The van der Waals surface area contributed by atoms with E-state index in [1.54, 1.807) is 0 Å². The first-order chi connectivity index (χ1) is 53.6. The monoisotopic (exact) mass is 1370 g/mol. The molecule has 108 heavy (non-hydrogen) atoms. The molecule has 0 unspecified atom stereocenters. The molecule has 4 heteroatoms. The molecule has 0 fully saturated rings. The first-order valence-corrected chi connectivity index (χ1v) is 37.5. The van der Waals surface area contributed by atoms with Crippen LogP contribution in [0.1, 0.15) is 0 Å². The lowest BCUT2D eigenvalue weighted by Gasteiger charge is -2.46. The molecule has 0 amide bonds. The number of fused-ring (bicyclic) bond motifs is 9. The van der Waals surface area contributed by atoms with Gasteiger partial charge in [0.2, 0.25) is 0 Å². The summed E-state index contributed by atoms with van der Waals surface area (Å²) in [4.78, 5) is 5.40. The summed E-state index contributed by atoms with van der Waals surface area (Å²) in [5.74, 6) is 0. The van der Waals surface area contributed by atoms with Gasteiger partial charge in [0.1, 0.15) is 0 Å². The standard InChI is InChI=1S/C104H66BN3/c1-8-29-67(30-9-1)75-53-55-96-92(63-75)105-93-64-76(78-57-77-45-28-49-85-84-48-26-43-74-44-27-50-86(100(74)84)91(62-78)101(77)85)54-56-97(93)108(104-89(72-39-18-6-19-40-72)60-80(69-33-12-3-13-34-69)61-90(104)73-41-20-7-21-42-73)99-66-81(106-94-51-24-22-46-82(94)83-47-23-25-52-95(83)106)65-98(102(99)105)107(96)103-87(70-35-14-4-15-36-70)58-79(68-31-10-2-11-32-68)59-88(103)71-37-16-5-17-38-71/h1-66H. The third-order valence-electron chi connectivity index (χ3n) is 23.0. The van der Waals surface area contributed by atoms with E-state index in [2.05, 4.69) is 415 Å². The Hall–Kier alpha value is -14.1. The van der Waals surface area contributed by atoms with Crippen LogP contribution in [0.25, 0.3) is 160 Å². The smallest absolute Gasteiger partial charge is 0.252 e. The van der Waals surface area contributed by atoms with Crippen molar-refractivity contribution in [2.45, 2.75) is 0 Å². The molecule has 1 aromatic heterocycles. The zero-order valence-corrected chi connectivity index (χ0v) is 59.0. The zero-order chi connectivity index (χ0) is 70.9. The molecular weight excluding hydrogens is 1300 g/mol. The maximum atomic E-state index is 2.71. The summed E-state index contributed by atoms with van der Waals surface area (Å²) in [5.41, 5.74) is 31.7. The maximum Gasteiger partial charge on any atom is 0.252 e. The van der Waals surface area contributed by atoms with Crippen LogP contribution in [-0.4, -0.2) is 11.3 Å². The fourth-order valence-electron chi connectivity index (χ4n) is 18.3. The van der Waals surface area contributed by atoms with Gasteiger partial charge in [0.05, 0.1) is 28.1 Å². The Balaban J connectivity index is 0.932. The van der Waals surface area contributed by atoms with E-state index >= 15 is 0 Å². The van der Waals surface area contributed by atoms with E-state index in [-0.39, 0.29) is 6.71 Å². The van der Waals surface area contributed by atoms with Crippen molar-refractivity contribution in [1.29, 1.82) is 0 Å². The van der Waals surface area contributed by atoms with Crippen LogP contribution in [0.15, 0.2) is 400 Å². The molecule has 19 aromatic carbocycles. The second-order valence-electron chi connectivity index (χ2n) is 29.0. The molecule has 20 aromatic rings. The summed E-state index contributed by atoms with van der Waals surface area (Å²) in [5, 5.41) is 12.6. The second-order valence-corrected chi connectivity index (χ2v) is 29.0. The SMILES string of the molecule is c1ccc(-c2ccc3c(c2)B2c4cc(-c5cc6cccc7c8cccc9cccc(c(c5)c67)c98)ccc4N(c4c(-c5ccccc5)cc(-c5ccccc5)cc4-c4ccccc4)c4cc(-n5c6ccccc6c6ccccc65)cc(c42)N3c2c(-c3ccccc3)cc(-c3ccccc3)cc2-c2ccccc2)cc1. The van der Waals surface area contributed by atoms with Gasteiger partial charge in [0, 0.05) is 55.8 Å². The van der Waals surface area contributed by atoms with Crippen molar-refractivity contribution < 1.29 is 0 Å². The van der Waals surface area contributed by atoms with Crippen LogP contribution >= 0.6 is 0 Å². The number of benzene rings is 19. The highest BCUT2D eigenvalue weighted by Crippen LogP contribution is 2.56. The van der Waals surface area contributed by atoms with Crippen LogP contribution in [0.4, 0.5) is 34.1 Å². The second kappa shape index (κ2) is 24.8. The zero-order valence-electron chi connectivity index (χ0n) is 59.0. The Labute approximate surface area is 627 Å². The van der Waals surface area contributed by atoms with E-state index in [4.69, 9.17) is 0 Å². The molecule has 0 atom stereocenters. The predicted octanol–water partition coefficient (Wildman–Crippen LogP) is 26.3. The molecule has 0 N–H and O–H groups in total. The molecule has 500 valence electrons. The van der Waals surface area contributed by atoms with Gasteiger partial charge in [-0.2, -0.15) is 0 Å². The number of aromatic nitrogens is 1. The lowest BCUT2D eigenvalue weighted by atomic mass is 9.33. The van der Waals surface area contributed by atoms with Crippen molar-refractivity contribution in [2.24, 2.45) is 0 Å². The summed E-state index contributed by atoms with van der Waals surface area (Å²) < 4.78 is 2.54. The highest BCUT2D eigenvalue weighted by atomic mass is 15.2. The molecule has 0 radical (unpaired) electrons. The minimum absolute atomic E-state index is 0.317. The van der Waals surface area contributed by atoms with Gasteiger partial charge in [0.15, 0.2) is 0 Å². The molecule has 3 heterocycles. The molecule has 22 rings (SSSR count). The number of hydrogen-bond donors (Lipinski definition) is 0. The van der Waals surface area contributed by atoms with Gasteiger partial charge in [-0.15, -0.1) is 0 Å². The summed E-state index contributed by atoms with van der Waals surface area (Å²) >= 11 is 0. The highest BCUT2D eigenvalue weighted by Gasteiger charge is 2.46. The van der Waals surface area contributed by atoms with Gasteiger partial charge >= 0.3 is 0 Å². The van der Waals surface area contributed by atoms with Gasteiger partial charge in [0.25, 0.3) is 6.71 Å². The molecule has 2 aliphatic heterocycles. The van der Waals surface area contributed by atoms with E-state index < -0.39 is 0 Å². The van der Waals surface area contributed by atoms with Crippen molar-refractivity contribution in [1.82, 2.24) is 4.57 Å². The van der Waals surface area contributed by atoms with Crippen molar-refractivity contribution in [2.75, 3.05) is 9.80 Å². The number of nitrogens with zero attached hydrogens (tertiary/aromatic N) is 3.